The number of carbonyl (C=O) groups excluding carboxylic acids is 2. The molecular formula is C26H33N3O4. The van der Waals surface area contributed by atoms with Crippen molar-refractivity contribution in [3.05, 3.63) is 64.7 Å². The molecule has 7 nitrogen and oxygen atoms in total. The van der Waals surface area contributed by atoms with E-state index in [0.29, 0.717) is 25.3 Å². The second kappa shape index (κ2) is 10.1. The Morgan fingerprint density at radius 3 is 2.27 bits per heavy atom. The Morgan fingerprint density at radius 2 is 1.73 bits per heavy atom. The predicted molar refractivity (Wildman–Crippen MR) is 131 cm³/mol. The van der Waals surface area contributed by atoms with Gasteiger partial charge in [0.2, 0.25) is 0 Å². The molecule has 1 aliphatic heterocycles. The first kappa shape index (κ1) is 24.3. The molecule has 0 bridgehead atoms. The molecule has 7 heteroatoms. The van der Waals surface area contributed by atoms with Crippen molar-refractivity contribution < 1.29 is 19.4 Å². The smallest absolute Gasteiger partial charge is 0.295 e. The molecule has 0 unspecified atom stereocenters. The second-order valence-corrected chi connectivity index (χ2v) is 8.70. The van der Waals surface area contributed by atoms with Gasteiger partial charge in [0, 0.05) is 38.4 Å². The molecule has 3 rings (SSSR count). The summed E-state index contributed by atoms with van der Waals surface area (Å²) in [5, 5.41) is 11.2. The number of rotatable bonds is 8. The van der Waals surface area contributed by atoms with Crippen LogP contribution in [0.3, 0.4) is 0 Å². The second-order valence-electron chi connectivity index (χ2n) is 8.70. The van der Waals surface area contributed by atoms with Crippen LogP contribution in [0.5, 0.6) is 5.75 Å². The van der Waals surface area contributed by atoms with Crippen LogP contribution in [0, 0.1) is 6.92 Å². The molecule has 1 aliphatic rings. The van der Waals surface area contributed by atoms with Crippen molar-refractivity contribution in [2.24, 2.45) is 0 Å². The number of nitrogens with zero attached hydrogens (tertiary/aromatic N) is 3. The molecule has 2 aromatic carbocycles. The zero-order valence-corrected chi connectivity index (χ0v) is 20.3. The van der Waals surface area contributed by atoms with E-state index >= 15 is 0 Å². The first-order chi connectivity index (χ1) is 15.6. The van der Waals surface area contributed by atoms with Crippen molar-refractivity contribution in [3.8, 4) is 5.75 Å². The average Bonchev–Trinajstić information content (AvgIpc) is 3.03. The Morgan fingerprint density at radius 1 is 1.06 bits per heavy atom. The van der Waals surface area contributed by atoms with Gasteiger partial charge in [-0.3, -0.25) is 9.59 Å². The molecular weight excluding hydrogens is 418 g/mol. The predicted octanol–water partition coefficient (Wildman–Crippen LogP) is 3.44. The molecule has 1 heterocycles. The van der Waals surface area contributed by atoms with Gasteiger partial charge in [-0.1, -0.05) is 12.1 Å². The molecule has 0 aromatic heterocycles. The van der Waals surface area contributed by atoms with Crippen LogP contribution in [0.1, 0.15) is 29.7 Å². The molecule has 176 valence electrons. The number of aliphatic hydroxyl groups is 1. The fourth-order valence-corrected chi connectivity index (χ4v) is 3.99. The fraction of sp³-hybridized carbons (Fsp3) is 0.385. The van der Waals surface area contributed by atoms with Crippen LogP contribution in [-0.2, 0) is 9.59 Å². The third-order valence-electron chi connectivity index (χ3n) is 5.80. The number of aryl methyl sites for hydroxylation is 1. The number of carbonyl (C=O) groups is 2. The molecule has 33 heavy (non-hydrogen) atoms. The Balaban J connectivity index is 2.12. The van der Waals surface area contributed by atoms with Crippen molar-refractivity contribution >= 4 is 23.1 Å². The quantitative estimate of drug-likeness (QED) is 0.377. The number of likely N-dealkylation sites (tertiary alicyclic amines) is 1. The molecule has 0 radical (unpaired) electrons. The Bertz CT molecular complexity index is 1060. The Hall–Kier alpha value is -3.32. The highest BCUT2D eigenvalue weighted by Gasteiger charge is 2.45. The molecule has 0 spiro atoms. The van der Waals surface area contributed by atoms with Crippen LogP contribution >= 0.6 is 0 Å². The molecule has 1 atom stereocenters. The molecule has 0 saturated carbocycles. The summed E-state index contributed by atoms with van der Waals surface area (Å²) in [5.74, 6) is -0.716. The Kier molecular flexibility index (Phi) is 7.43. The summed E-state index contributed by atoms with van der Waals surface area (Å²) in [6.07, 6.45) is 0. The molecule has 1 amide bonds. The van der Waals surface area contributed by atoms with Crippen LogP contribution < -0.4 is 9.64 Å². The number of benzene rings is 2. The first-order valence-corrected chi connectivity index (χ1v) is 11.1. The molecule has 1 N–H and O–H groups in total. The SMILES string of the molecule is CCOc1ccc(C(O)=C2C(=O)C(=O)N(CCN(C)C)[C@H]2c2ccc(N(C)C)cc2)cc1C. The summed E-state index contributed by atoms with van der Waals surface area (Å²) in [7, 11) is 7.74. The number of hydrogen-bond acceptors (Lipinski definition) is 6. The van der Waals surface area contributed by atoms with Gasteiger partial charge in [0.1, 0.15) is 11.5 Å². The minimum Gasteiger partial charge on any atom is -0.507 e. The number of anilines is 1. The normalized spacial score (nSPS) is 17.7. The van der Waals surface area contributed by atoms with Crippen LogP contribution in [0.15, 0.2) is 48.0 Å². The molecule has 0 aliphatic carbocycles. The van der Waals surface area contributed by atoms with E-state index < -0.39 is 17.7 Å². The zero-order chi connectivity index (χ0) is 24.3. The molecule has 1 saturated heterocycles. The summed E-state index contributed by atoms with van der Waals surface area (Å²) < 4.78 is 5.59. The van der Waals surface area contributed by atoms with E-state index in [1.54, 1.807) is 23.1 Å². The summed E-state index contributed by atoms with van der Waals surface area (Å²) in [6.45, 7) is 5.30. The van der Waals surface area contributed by atoms with Gasteiger partial charge in [-0.2, -0.15) is 0 Å². The summed E-state index contributed by atoms with van der Waals surface area (Å²) in [6, 6.07) is 12.3. The van der Waals surface area contributed by atoms with E-state index in [2.05, 4.69) is 0 Å². The van der Waals surface area contributed by atoms with Crippen molar-refractivity contribution in [1.82, 2.24) is 9.80 Å². The maximum absolute atomic E-state index is 13.1. The lowest BCUT2D eigenvalue weighted by molar-refractivity contribution is -0.140. The first-order valence-electron chi connectivity index (χ1n) is 11.1. The number of likely N-dealkylation sites (N-methyl/N-ethyl adjacent to an activating group) is 1. The van der Waals surface area contributed by atoms with E-state index in [1.165, 1.54) is 0 Å². The summed E-state index contributed by atoms with van der Waals surface area (Å²) >= 11 is 0. The summed E-state index contributed by atoms with van der Waals surface area (Å²) in [5.41, 5.74) is 3.22. The van der Waals surface area contributed by atoms with Gasteiger partial charge in [-0.05, 0) is 69.4 Å². The third-order valence-corrected chi connectivity index (χ3v) is 5.80. The molecule has 2 aromatic rings. The van der Waals surface area contributed by atoms with Crippen molar-refractivity contribution in [1.29, 1.82) is 0 Å². The van der Waals surface area contributed by atoms with Crippen molar-refractivity contribution in [2.75, 3.05) is 52.8 Å². The minimum atomic E-state index is -0.667. The monoisotopic (exact) mass is 451 g/mol. The number of hydrogen-bond donors (Lipinski definition) is 1. The highest BCUT2D eigenvalue weighted by atomic mass is 16.5. The van der Waals surface area contributed by atoms with Crippen LogP contribution in [0.2, 0.25) is 0 Å². The fourth-order valence-electron chi connectivity index (χ4n) is 3.99. The van der Waals surface area contributed by atoms with Crippen molar-refractivity contribution in [3.63, 3.8) is 0 Å². The van der Waals surface area contributed by atoms with Gasteiger partial charge < -0.3 is 24.5 Å². The number of amides is 1. The van der Waals surface area contributed by atoms with Crippen LogP contribution in [0.4, 0.5) is 5.69 Å². The van der Waals surface area contributed by atoms with Gasteiger partial charge in [0.15, 0.2) is 0 Å². The van der Waals surface area contributed by atoms with Crippen LogP contribution in [0.25, 0.3) is 5.76 Å². The standard InChI is InChI=1S/C26H33N3O4/c1-7-33-21-13-10-19(16-17(21)2)24(30)22-23(18-8-11-20(12-9-18)28(5)6)29(15-14-27(3)4)26(32)25(22)31/h8-13,16,23,30H,7,14-15H2,1-6H3/t23-/m0/s1. The third kappa shape index (κ3) is 5.03. The highest BCUT2D eigenvalue weighted by molar-refractivity contribution is 6.46. The van der Waals surface area contributed by atoms with Gasteiger partial charge in [-0.15, -0.1) is 0 Å². The van der Waals surface area contributed by atoms with Gasteiger partial charge >= 0.3 is 0 Å². The number of Topliss-reactive ketones (excluding diaryl/α,β-unsaturated/α-hetero) is 1. The lowest BCUT2D eigenvalue weighted by Gasteiger charge is -2.27. The maximum atomic E-state index is 13.1. The topological polar surface area (TPSA) is 73.3 Å². The maximum Gasteiger partial charge on any atom is 0.295 e. The van der Waals surface area contributed by atoms with Gasteiger partial charge in [-0.25, -0.2) is 0 Å². The lowest BCUT2D eigenvalue weighted by Crippen LogP contribution is -2.35. The van der Waals surface area contributed by atoms with E-state index in [4.69, 9.17) is 4.74 Å². The number of ketones is 1. The van der Waals surface area contributed by atoms with E-state index in [-0.39, 0.29) is 11.3 Å². The zero-order valence-electron chi connectivity index (χ0n) is 20.3. The average molecular weight is 452 g/mol. The van der Waals surface area contributed by atoms with E-state index in [9.17, 15) is 14.7 Å². The van der Waals surface area contributed by atoms with E-state index in [1.807, 2.05) is 76.1 Å². The Labute approximate surface area is 195 Å². The molecule has 1 fully saturated rings. The van der Waals surface area contributed by atoms with Crippen molar-refractivity contribution in [2.45, 2.75) is 19.9 Å². The van der Waals surface area contributed by atoms with E-state index in [0.717, 1.165) is 22.6 Å². The van der Waals surface area contributed by atoms with Gasteiger partial charge in [0.25, 0.3) is 11.7 Å². The minimum absolute atomic E-state index is 0.111. The number of aliphatic hydroxyl groups excluding tert-OH is 1. The summed E-state index contributed by atoms with van der Waals surface area (Å²) in [4.78, 5) is 31.6. The van der Waals surface area contributed by atoms with Crippen LogP contribution in [-0.4, -0.2) is 74.5 Å². The number of ether oxygens (including phenoxy) is 1. The van der Waals surface area contributed by atoms with Gasteiger partial charge in [0.05, 0.1) is 18.2 Å². The lowest BCUT2D eigenvalue weighted by atomic mass is 9.94. The highest BCUT2D eigenvalue weighted by Crippen LogP contribution is 2.40. The largest absolute Gasteiger partial charge is 0.507 e.